The minimum atomic E-state index is -0.0442. The summed E-state index contributed by atoms with van der Waals surface area (Å²) in [6.45, 7) is 5.99. The number of nitrogens with one attached hydrogen (secondary N) is 1. The average molecular weight is 301 g/mol. The van der Waals surface area contributed by atoms with Crippen LogP contribution in [0.1, 0.15) is 55.7 Å². The highest BCUT2D eigenvalue weighted by Crippen LogP contribution is 2.17. The molecule has 2 rings (SSSR count). The second-order valence-corrected chi connectivity index (χ2v) is 5.59. The average Bonchev–Trinajstić information content (AvgIpc) is 2.94. The lowest BCUT2D eigenvalue weighted by molar-refractivity contribution is 0.0938. The molecule has 2 aromatic rings. The monoisotopic (exact) mass is 301 g/mol. The van der Waals surface area contributed by atoms with Crippen LogP contribution in [-0.4, -0.2) is 22.1 Å². The van der Waals surface area contributed by atoms with E-state index in [1.54, 1.807) is 19.1 Å². The Morgan fingerprint density at radius 2 is 2.00 bits per heavy atom. The quantitative estimate of drug-likeness (QED) is 0.791. The molecule has 1 amide bonds. The summed E-state index contributed by atoms with van der Waals surface area (Å²) in [5, 5.41) is 6.79. The molecule has 0 aliphatic rings. The number of rotatable bonds is 7. The first-order valence-corrected chi connectivity index (χ1v) is 7.81. The number of aryl methyl sites for hydroxylation is 1. The Labute approximate surface area is 131 Å². The largest absolute Gasteiger partial charge is 0.350 e. The zero-order valence-corrected chi connectivity index (χ0v) is 13.4. The summed E-state index contributed by atoms with van der Waals surface area (Å²) >= 11 is 0. The number of nitrogens with zero attached hydrogens (tertiary/aromatic N) is 2. The van der Waals surface area contributed by atoms with Gasteiger partial charge in [-0.25, -0.2) is 0 Å². The van der Waals surface area contributed by atoms with Gasteiger partial charge in [0.25, 0.3) is 11.8 Å². The number of amides is 1. The number of unbranched alkanes of at least 4 members (excludes halogenated alkanes) is 2. The van der Waals surface area contributed by atoms with Crippen LogP contribution in [0, 0.1) is 6.92 Å². The van der Waals surface area contributed by atoms with Crippen molar-refractivity contribution in [3.8, 4) is 11.5 Å². The van der Waals surface area contributed by atoms with E-state index in [2.05, 4.69) is 22.4 Å². The molecule has 1 N–H and O–H groups in total. The molecule has 0 aliphatic heterocycles. The Kier molecular flexibility index (Phi) is 5.69. The van der Waals surface area contributed by atoms with Gasteiger partial charge in [-0.05, 0) is 44.5 Å². The SMILES string of the molecule is CCCCCC(C)NC(=O)c1ccc(-c2nc(C)no2)cc1. The van der Waals surface area contributed by atoms with Gasteiger partial charge in [0.05, 0.1) is 0 Å². The lowest BCUT2D eigenvalue weighted by Gasteiger charge is -2.13. The summed E-state index contributed by atoms with van der Waals surface area (Å²) in [5.74, 6) is 1.02. The maximum atomic E-state index is 12.2. The van der Waals surface area contributed by atoms with Crippen molar-refractivity contribution in [2.24, 2.45) is 0 Å². The number of carbonyl (C=O) groups is 1. The molecule has 5 nitrogen and oxygen atoms in total. The smallest absolute Gasteiger partial charge is 0.257 e. The van der Waals surface area contributed by atoms with E-state index in [1.165, 1.54) is 12.8 Å². The van der Waals surface area contributed by atoms with Crippen LogP contribution in [0.2, 0.25) is 0 Å². The number of aromatic nitrogens is 2. The van der Waals surface area contributed by atoms with E-state index in [-0.39, 0.29) is 11.9 Å². The Bertz CT molecular complexity index is 605. The summed E-state index contributed by atoms with van der Waals surface area (Å²) in [5.41, 5.74) is 1.45. The lowest BCUT2D eigenvalue weighted by atomic mass is 10.1. The van der Waals surface area contributed by atoms with Crippen molar-refractivity contribution < 1.29 is 9.32 Å². The molecule has 1 heterocycles. The van der Waals surface area contributed by atoms with E-state index in [0.29, 0.717) is 17.3 Å². The molecule has 0 radical (unpaired) electrons. The van der Waals surface area contributed by atoms with Crippen LogP contribution in [0.5, 0.6) is 0 Å². The predicted molar refractivity (Wildman–Crippen MR) is 85.5 cm³/mol. The molecule has 0 aliphatic carbocycles. The normalized spacial score (nSPS) is 12.1. The standard InChI is InChI=1S/C17H23N3O2/c1-4-5-6-7-12(2)18-16(21)14-8-10-15(11-9-14)17-19-13(3)20-22-17/h8-12H,4-7H2,1-3H3,(H,18,21). The van der Waals surface area contributed by atoms with Crippen LogP contribution < -0.4 is 5.32 Å². The van der Waals surface area contributed by atoms with Crippen molar-refractivity contribution in [1.82, 2.24) is 15.5 Å². The highest BCUT2D eigenvalue weighted by molar-refractivity contribution is 5.94. The van der Waals surface area contributed by atoms with E-state index in [4.69, 9.17) is 4.52 Å². The summed E-state index contributed by atoms with van der Waals surface area (Å²) in [4.78, 5) is 16.3. The van der Waals surface area contributed by atoms with Gasteiger partial charge in [-0.3, -0.25) is 4.79 Å². The molecule has 0 saturated heterocycles. The summed E-state index contributed by atoms with van der Waals surface area (Å²) < 4.78 is 5.11. The van der Waals surface area contributed by atoms with Crippen molar-refractivity contribution in [3.05, 3.63) is 35.7 Å². The van der Waals surface area contributed by atoms with Crippen LogP contribution in [0.15, 0.2) is 28.8 Å². The van der Waals surface area contributed by atoms with Gasteiger partial charge < -0.3 is 9.84 Å². The summed E-state index contributed by atoms with van der Waals surface area (Å²) in [6.07, 6.45) is 4.56. The first-order valence-electron chi connectivity index (χ1n) is 7.81. The van der Waals surface area contributed by atoms with Crippen LogP contribution in [0.4, 0.5) is 0 Å². The highest BCUT2D eigenvalue weighted by atomic mass is 16.5. The van der Waals surface area contributed by atoms with Gasteiger partial charge >= 0.3 is 0 Å². The van der Waals surface area contributed by atoms with E-state index in [1.807, 2.05) is 19.1 Å². The molecule has 0 saturated carbocycles. The van der Waals surface area contributed by atoms with E-state index in [9.17, 15) is 4.79 Å². The van der Waals surface area contributed by atoms with Gasteiger partial charge in [-0.2, -0.15) is 4.98 Å². The summed E-state index contributed by atoms with van der Waals surface area (Å²) in [7, 11) is 0. The van der Waals surface area contributed by atoms with Gasteiger partial charge in [-0.1, -0.05) is 31.3 Å². The topological polar surface area (TPSA) is 68.0 Å². The van der Waals surface area contributed by atoms with Crippen molar-refractivity contribution in [1.29, 1.82) is 0 Å². The molecule has 5 heteroatoms. The molecular weight excluding hydrogens is 278 g/mol. The molecule has 1 aromatic carbocycles. The third kappa shape index (κ3) is 4.41. The molecule has 0 spiro atoms. The van der Waals surface area contributed by atoms with Crippen molar-refractivity contribution in [2.45, 2.75) is 52.5 Å². The minimum absolute atomic E-state index is 0.0442. The second-order valence-electron chi connectivity index (χ2n) is 5.59. The first kappa shape index (κ1) is 16.2. The van der Waals surface area contributed by atoms with Gasteiger partial charge in [0.1, 0.15) is 0 Å². The highest BCUT2D eigenvalue weighted by Gasteiger charge is 2.11. The second kappa shape index (κ2) is 7.73. The van der Waals surface area contributed by atoms with Gasteiger partial charge in [0.2, 0.25) is 0 Å². The Hall–Kier alpha value is -2.17. The third-order valence-corrected chi connectivity index (χ3v) is 3.54. The molecule has 22 heavy (non-hydrogen) atoms. The molecule has 0 bridgehead atoms. The number of benzene rings is 1. The van der Waals surface area contributed by atoms with E-state index in [0.717, 1.165) is 18.4 Å². The van der Waals surface area contributed by atoms with Crippen molar-refractivity contribution in [3.63, 3.8) is 0 Å². The predicted octanol–water partition coefficient (Wildman–Crippen LogP) is 3.74. The Morgan fingerprint density at radius 1 is 1.27 bits per heavy atom. The number of hydrogen-bond acceptors (Lipinski definition) is 4. The van der Waals surface area contributed by atoms with Gasteiger partial charge in [0, 0.05) is 17.2 Å². The van der Waals surface area contributed by atoms with Crippen LogP contribution >= 0.6 is 0 Å². The Morgan fingerprint density at radius 3 is 2.59 bits per heavy atom. The molecule has 0 fully saturated rings. The van der Waals surface area contributed by atoms with Gasteiger partial charge in [0.15, 0.2) is 5.82 Å². The molecule has 1 atom stereocenters. The van der Waals surface area contributed by atoms with Crippen molar-refractivity contribution in [2.75, 3.05) is 0 Å². The zero-order valence-electron chi connectivity index (χ0n) is 13.4. The van der Waals surface area contributed by atoms with E-state index >= 15 is 0 Å². The fourth-order valence-corrected chi connectivity index (χ4v) is 2.26. The maximum absolute atomic E-state index is 12.2. The van der Waals surface area contributed by atoms with Crippen LogP contribution in [0.25, 0.3) is 11.5 Å². The van der Waals surface area contributed by atoms with Crippen LogP contribution in [0.3, 0.4) is 0 Å². The third-order valence-electron chi connectivity index (χ3n) is 3.54. The lowest BCUT2D eigenvalue weighted by Crippen LogP contribution is -2.32. The number of hydrogen-bond donors (Lipinski definition) is 1. The Balaban J connectivity index is 1.93. The van der Waals surface area contributed by atoms with Crippen molar-refractivity contribution >= 4 is 5.91 Å². The minimum Gasteiger partial charge on any atom is -0.350 e. The molecule has 118 valence electrons. The fourth-order valence-electron chi connectivity index (χ4n) is 2.26. The van der Waals surface area contributed by atoms with Crippen LogP contribution in [-0.2, 0) is 0 Å². The zero-order chi connectivity index (χ0) is 15.9. The van der Waals surface area contributed by atoms with Gasteiger partial charge in [-0.15, -0.1) is 0 Å². The molecular formula is C17H23N3O2. The maximum Gasteiger partial charge on any atom is 0.257 e. The molecule has 1 unspecified atom stereocenters. The van der Waals surface area contributed by atoms with E-state index < -0.39 is 0 Å². The summed E-state index contributed by atoms with van der Waals surface area (Å²) in [6, 6.07) is 7.40. The first-order chi connectivity index (χ1) is 10.6. The fraction of sp³-hybridized carbons (Fsp3) is 0.471. The number of carbonyl (C=O) groups excluding carboxylic acids is 1. The molecule has 1 aromatic heterocycles.